The number of benzene rings is 2. The highest BCUT2D eigenvalue weighted by atomic mass is 35.5. The lowest BCUT2D eigenvalue weighted by molar-refractivity contribution is -0.120. The number of rotatable bonds is 2. The Hall–Kier alpha value is -2.13. The van der Waals surface area contributed by atoms with E-state index in [1.807, 2.05) is 18.2 Å². The van der Waals surface area contributed by atoms with E-state index < -0.39 is 5.24 Å². The average molecular weight is 312 g/mol. The predicted molar refractivity (Wildman–Crippen MR) is 86.0 cm³/mol. The standard InChI is InChI=1S/C18H14ClNO2/c19-18(22)13-9-17(21)20(10-13)14-5-6-16-12(8-14)7-11-3-1-2-4-15(11)16/h1-6,8,13H,7,9-10H2/t13-/m1/s1. The number of hydrogen-bond acceptors (Lipinski definition) is 2. The minimum Gasteiger partial charge on any atom is -0.312 e. The maximum Gasteiger partial charge on any atom is 0.227 e. The number of fused-ring (bicyclic) bond motifs is 3. The zero-order valence-electron chi connectivity index (χ0n) is 11.9. The summed E-state index contributed by atoms with van der Waals surface area (Å²) >= 11 is 5.54. The van der Waals surface area contributed by atoms with E-state index in [0.29, 0.717) is 6.54 Å². The van der Waals surface area contributed by atoms with E-state index >= 15 is 0 Å². The smallest absolute Gasteiger partial charge is 0.227 e. The molecule has 0 N–H and O–H groups in total. The highest BCUT2D eigenvalue weighted by Gasteiger charge is 2.34. The van der Waals surface area contributed by atoms with Crippen LogP contribution in [0.25, 0.3) is 11.1 Å². The normalized spacial score (nSPS) is 19.2. The van der Waals surface area contributed by atoms with Gasteiger partial charge in [0.15, 0.2) is 0 Å². The number of carbonyl (C=O) groups excluding carboxylic acids is 2. The zero-order chi connectivity index (χ0) is 15.3. The Morgan fingerprint density at radius 1 is 1.09 bits per heavy atom. The van der Waals surface area contributed by atoms with Crippen LogP contribution in [0.2, 0.25) is 0 Å². The maximum absolute atomic E-state index is 12.1. The molecule has 22 heavy (non-hydrogen) atoms. The van der Waals surface area contributed by atoms with Crippen LogP contribution in [0.5, 0.6) is 0 Å². The third kappa shape index (κ3) is 2.04. The second-order valence-electron chi connectivity index (χ2n) is 5.88. The van der Waals surface area contributed by atoms with E-state index in [-0.39, 0.29) is 18.2 Å². The Kier molecular flexibility index (Phi) is 3.05. The van der Waals surface area contributed by atoms with Crippen molar-refractivity contribution in [1.29, 1.82) is 0 Å². The van der Waals surface area contributed by atoms with Gasteiger partial charge in [-0.15, -0.1) is 0 Å². The number of hydrogen-bond donors (Lipinski definition) is 0. The first kappa shape index (κ1) is 13.5. The van der Waals surface area contributed by atoms with Gasteiger partial charge in [0.25, 0.3) is 0 Å². The average Bonchev–Trinajstić information content (AvgIpc) is 3.07. The Morgan fingerprint density at radius 2 is 1.86 bits per heavy atom. The minimum atomic E-state index is -0.426. The van der Waals surface area contributed by atoms with Crippen LogP contribution in [0.15, 0.2) is 42.5 Å². The molecule has 1 heterocycles. The SMILES string of the molecule is O=C(Cl)[C@@H]1CC(=O)N(c2ccc3c(c2)Cc2ccccc2-3)C1. The molecule has 4 heteroatoms. The summed E-state index contributed by atoms with van der Waals surface area (Å²) in [6.07, 6.45) is 1.10. The van der Waals surface area contributed by atoms with Crippen LogP contribution in [-0.2, 0) is 16.0 Å². The fraction of sp³-hybridized carbons (Fsp3) is 0.222. The molecule has 2 aromatic carbocycles. The third-order valence-corrected chi connectivity index (χ3v) is 4.84. The fourth-order valence-corrected chi connectivity index (χ4v) is 3.55. The van der Waals surface area contributed by atoms with Gasteiger partial charge in [-0.05, 0) is 52.4 Å². The lowest BCUT2D eigenvalue weighted by Gasteiger charge is -2.17. The van der Waals surface area contributed by atoms with Crippen molar-refractivity contribution in [2.24, 2.45) is 5.92 Å². The summed E-state index contributed by atoms with van der Waals surface area (Å²) in [6, 6.07) is 14.4. The molecule has 1 aliphatic carbocycles. The van der Waals surface area contributed by atoms with Gasteiger partial charge in [-0.3, -0.25) is 9.59 Å². The summed E-state index contributed by atoms with van der Waals surface area (Å²) in [5.74, 6) is -0.422. The predicted octanol–water partition coefficient (Wildman–Crippen LogP) is 3.38. The number of anilines is 1. The van der Waals surface area contributed by atoms with Crippen molar-refractivity contribution in [1.82, 2.24) is 0 Å². The van der Waals surface area contributed by atoms with Crippen molar-refractivity contribution in [2.75, 3.05) is 11.4 Å². The molecule has 0 radical (unpaired) electrons. The van der Waals surface area contributed by atoms with Gasteiger partial charge in [-0.1, -0.05) is 30.3 Å². The summed E-state index contributed by atoms with van der Waals surface area (Å²) in [5.41, 5.74) is 5.90. The van der Waals surface area contributed by atoms with Crippen LogP contribution in [0.3, 0.4) is 0 Å². The highest BCUT2D eigenvalue weighted by Crippen LogP contribution is 2.39. The molecule has 2 aromatic rings. The van der Waals surface area contributed by atoms with Crippen LogP contribution in [0.4, 0.5) is 5.69 Å². The summed E-state index contributed by atoms with van der Waals surface area (Å²) in [7, 11) is 0. The lowest BCUT2D eigenvalue weighted by Crippen LogP contribution is -2.25. The van der Waals surface area contributed by atoms with Crippen molar-refractivity contribution < 1.29 is 9.59 Å². The first-order chi connectivity index (χ1) is 10.6. The molecule has 0 unspecified atom stereocenters. The molecule has 110 valence electrons. The number of carbonyl (C=O) groups is 2. The van der Waals surface area contributed by atoms with Crippen molar-refractivity contribution in [3.8, 4) is 11.1 Å². The molecular formula is C18H14ClNO2. The van der Waals surface area contributed by atoms with Gasteiger partial charge in [0.2, 0.25) is 11.1 Å². The molecule has 2 aliphatic rings. The van der Waals surface area contributed by atoms with E-state index in [2.05, 4.69) is 24.3 Å². The van der Waals surface area contributed by atoms with Crippen LogP contribution >= 0.6 is 11.6 Å². The zero-order valence-corrected chi connectivity index (χ0v) is 12.6. The van der Waals surface area contributed by atoms with Crippen LogP contribution in [-0.4, -0.2) is 17.7 Å². The Bertz CT molecular complexity index is 799. The molecule has 4 rings (SSSR count). The molecule has 1 fully saturated rings. The Balaban J connectivity index is 1.68. The van der Waals surface area contributed by atoms with E-state index in [9.17, 15) is 9.59 Å². The molecule has 0 spiro atoms. The molecule has 1 amide bonds. The molecule has 1 saturated heterocycles. The van der Waals surface area contributed by atoms with Gasteiger partial charge in [-0.25, -0.2) is 0 Å². The van der Waals surface area contributed by atoms with E-state index in [1.165, 1.54) is 22.3 Å². The van der Waals surface area contributed by atoms with Crippen LogP contribution in [0, 0.1) is 5.92 Å². The van der Waals surface area contributed by atoms with Gasteiger partial charge in [0, 0.05) is 18.7 Å². The van der Waals surface area contributed by atoms with Gasteiger partial charge in [0.1, 0.15) is 0 Å². The molecular weight excluding hydrogens is 298 g/mol. The fourth-order valence-electron chi connectivity index (χ4n) is 3.41. The van der Waals surface area contributed by atoms with E-state index in [1.54, 1.807) is 4.90 Å². The Morgan fingerprint density at radius 3 is 2.64 bits per heavy atom. The number of nitrogens with zero attached hydrogens (tertiary/aromatic N) is 1. The summed E-state index contributed by atoms with van der Waals surface area (Å²) in [5, 5.41) is -0.426. The minimum absolute atomic E-state index is 0.0329. The highest BCUT2D eigenvalue weighted by molar-refractivity contribution is 6.64. The summed E-state index contributed by atoms with van der Waals surface area (Å²) < 4.78 is 0. The Labute approximate surface area is 133 Å². The maximum atomic E-state index is 12.1. The first-order valence-electron chi connectivity index (χ1n) is 7.34. The molecule has 3 nitrogen and oxygen atoms in total. The van der Waals surface area contributed by atoms with Crippen molar-refractivity contribution >= 4 is 28.4 Å². The van der Waals surface area contributed by atoms with Crippen molar-refractivity contribution in [3.05, 3.63) is 53.6 Å². The topological polar surface area (TPSA) is 37.4 Å². The van der Waals surface area contributed by atoms with Gasteiger partial charge in [-0.2, -0.15) is 0 Å². The van der Waals surface area contributed by atoms with Gasteiger partial charge in [0.05, 0.1) is 5.92 Å². The van der Waals surface area contributed by atoms with Crippen molar-refractivity contribution in [3.63, 3.8) is 0 Å². The molecule has 1 aliphatic heterocycles. The van der Waals surface area contributed by atoms with Gasteiger partial charge >= 0.3 is 0 Å². The second kappa shape index (κ2) is 4.96. The molecule has 0 bridgehead atoms. The largest absolute Gasteiger partial charge is 0.312 e. The molecule has 0 aromatic heterocycles. The second-order valence-corrected chi connectivity index (χ2v) is 6.26. The quantitative estimate of drug-likeness (QED) is 0.680. The number of halogens is 1. The number of amides is 1. The molecule has 0 saturated carbocycles. The summed E-state index contributed by atoms with van der Waals surface area (Å²) in [4.78, 5) is 25.1. The van der Waals surface area contributed by atoms with E-state index in [4.69, 9.17) is 11.6 Å². The van der Waals surface area contributed by atoms with Crippen LogP contribution in [0.1, 0.15) is 17.5 Å². The monoisotopic (exact) mass is 311 g/mol. The summed E-state index contributed by atoms with van der Waals surface area (Å²) in [6.45, 7) is 0.382. The first-order valence-corrected chi connectivity index (χ1v) is 7.72. The van der Waals surface area contributed by atoms with E-state index in [0.717, 1.165) is 12.1 Å². The molecule has 1 atom stereocenters. The lowest BCUT2D eigenvalue weighted by atomic mass is 10.1. The third-order valence-electron chi connectivity index (χ3n) is 4.53. The van der Waals surface area contributed by atoms with Crippen LogP contribution < -0.4 is 4.90 Å². The van der Waals surface area contributed by atoms with Crippen molar-refractivity contribution in [2.45, 2.75) is 12.8 Å². The van der Waals surface area contributed by atoms with Gasteiger partial charge < -0.3 is 4.90 Å².